The lowest BCUT2D eigenvalue weighted by molar-refractivity contribution is 0.0572. The van der Waals surface area contributed by atoms with Gasteiger partial charge in [0.25, 0.3) is 0 Å². The van der Waals surface area contributed by atoms with E-state index in [-0.39, 0.29) is 19.1 Å². The second-order valence-electron chi connectivity index (χ2n) is 9.19. The van der Waals surface area contributed by atoms with Crippen molar-refractivity contribution in [2.75, 3.05) is 34.8 Å². The molecule has 12 heteroatoms. The van der Waals surface area contributed by atoms with E-state index in [2.05, 4.69) is 30.6 Å². The summed E-state index contributed by atoms with van der Waals surface area (Å²) in [7, 11) is 0. The number of rotatable bonds is 6. The van der Waals surface area contributed by atoms with Gasteiger partial charge in [-0.1, -0.05) is 11.2 Å². The molecule has 2 saturated heterocycles. The first kappa shape index (κ1) is 22.4. The molecule has 12 nitrogen and oxygen atoms in total. The van der Waals surface area contributed by atoms with E-state index in [1.54, 1.807) is 12.3 Å². The summed E-state index contributed by atoms with van der Waals surface area (Å²) in [5, 5.41) is 34.9. The smallest absolute Gasteiger partial charge is 0.229 e. The Balaban J connectivity index is 1.33. The van der Waals surface area contributed by atoms with E-state index in [9.17, 15) is 10.2 Å². The van der Waals surface area contributed by atoms with Crippen molar-refractivity contribution < 1.29 is 14.7 Å². The molecule has 4 aromatic rings. The zero-order valence-electron chi connectivity index (χ0n) is 19.7. The highest BCUT2D eigenvalue weighted by Crippen LogP contribution is 2.37. The average Bonchev–Trinajstić information content (AvgIpc) is 3.68. The van der Waals surface area contributed by atoms with Crippen molar-refractivity contribution in [3.63, 3.8) is 0 Å². The molecule has 36 heavy (non-hydrogen) atoms. The summed E-state index contributed by atoms with van der Waals surface area (Å²) < 4.78 is 5.75. The van der Waals surface area contributed by atoms with Gasteiger partial charge in [-0.3, -0.25) is 10.1 Å². The number of aromatic amines is 1. The quantitative estimate of drug-likeness (QED) is 0.315. The van der Waals surface area contributed by atoms with Crippen LogP contribution in [0.15, 0.2) is 47.1 Å². The molecule has 186 valence electrons. The Labute approximate surface area is 207 Å². The molecular formula is C24H27N9O3. The van der Waals surface area contributed by atoms with Crippen LogP contribution < -0.4 is 15.1 Å². The van der Waals surface area contributed by atoms with Crippen LogP contribution >= 0.6 is 0 Å². The topological polar surface area (TPSA) is 152 Å². The third-order valence-electron chi connectivity index (χ3n) is 6.54. The zero-order chi connectivity index (χ0) is 24.6. The number of pyridine rings is 1. The lowest BCUT2D eigenvalue weighted by Crippen LogP contribution is -2.27. The standard InChI is InChI=1S/C24H27N9O3/c1-14-9-22(30-29-14)26-21-11-23(32-12-18(34)19(35)13-32)28-24(27-21)33-8-4-6-17(33)20-10-16(31-36-20)15-5-2-3-7-25-15/h2-3,5,7,9-11,17-19,34-35H,4,6,8,12-13H2,1H3,(H2,26,27,28,29,30). The van der Waals surface area contributed by atoms with Gasteiger partial charge in [0.2, 0.25) is 5.95 Å². The number of hydrogen-bond acceptors (Lipinski definition) is 11. The molecule has 6 rings (SSSR count). The molecule has 3 atom stereocenters. The predicted octanol–water partition coefficient (Wildman–Crippen LogP) is 2.19. The second-order valence-corrected chi connectivity index (χ2v) is 9.19. The van der Waals surface area contributed by atoms with Crippen LogP contribution in [0.2, 0.25) is 0 Å². The third kappa shape index (κ3) is 4.36. The third-order valence-corrected chi connectivity index (χ3v) is 6.54. The molecule has 2 aliphatic heterocycles. The van der Waals surface area contributed by atoms with Gasteiger partial charge in [-0.15, -0.1) is 0 Å². The molecule has 2 aliphatic rings. The molecule has 4 N–H and O–H groups in total. The normalized spacial score (nSPS) is 21.9. The fourth-order valence-corrected chi connectivity index (χ4v) is 4.73. The monoisotopic (exact) mass is 489 g/mol. The summed E-state index contributed by atoms with van der Waals surface area (Å²) in [6.07, 6.45) is 1.89. The first-order valence-corrected chi connectivity index (χ1v) is 12.0. The van der Waals surface area contributed by atoms with Gasteiger partial charge < -0.3 is 29.9 Å². The van der Waals surface area contributed by atoms with Crippen molar-refractivity contribution in [1.29, 1.82) is 0 Å². The minimum absolute atomic E-state index is 0.0829. The highest BCUT2D eigenvalue weighted by atomic mass is 16.5. The van der Waals surface area contributed by atoms with Crippen LogP contribution in [-0.2, 0) is 0 Å². The Kier molecular flexibility index (Phi) is 5.74. The Morgan fingerprint density at radius 1 is 1.06 bits per heavy atom. The highest BCUT2D eigenvalue weighted by molar-refractivity contribution is 5.61. The number of aromatic nitrogens is 6. The Morgan fingerprint density at radius 3 is 2.67 bits per heavy atom. The van der Waals surface area contributed by atoms with Crippen LogP contribution in [0.1, 0.15) is 30.3 Å². The number of H-pyrrole nitrogens is 1. The fraction of sp³-hybridized carbons (Fsp3) is 0.375. The summed E-state index contributed by atoms with van der Waals surface area (Å²) in [5.41, 5.74) is 2.36. The molecule has 3 unspecified atom stereocenters. The SMILES string of the molecule is Cc1cc(Nc2cc(N3CC(O)C(O)C3)nc(N3CCCC3c3cc(-c4ccccn4)no3)n2)n[nH]1. The van der Waals surface area contributed by atoms with Crippen LogP contribution in [-0.4, -0.2) is 72.4 Å². The van der Waals surface area contributed by atoms with E-state index in [1.165, 1.54) is 0 Å². The molecule has 6 heterocycles. The molecule has 4 aromatic heterocycles. The van der Waals surface area contributed by atoms with Crippen molar-refractivity contribution in [2.45, 2.75) is 38.0 Å². The van der Waals surface area contributed by atoms with E-state index in [4.69, 9.17) is 14.5 Å². The van der Waals surface area contributed by atoms with Crippen LogP contribution in [0.5, 0.6) is 0 Å². The van der Waals surface area contributed by atoms with Gasteiger partial charge >= 0.3 is 0 Å². The summed E-state index contributed by atoms with van der Waals surface area (Å²) in [4.78, 5) is 18.0. The number of aliphatic hydroxyl groups excluding tert-OH is 2. The number of aryl methyl sites for hydroxylation is 1. The van der Waals surface area contributed by atoms with Crippen LogP contribution in [0.4, 0.5) is 23.4 Å². The van der Waals surface area contributed by atoms with Crippen LogP contribution in [0, 0.1) is 6.92 Å². The lowest BCUT2D eigenvalue weighted by atomic mass is 10.1. The molecule has 2 fully saturated rings. The lowest BCUT2D eigenvalue weighted by Gasteiger charge is -2.25. The Bertz CT molecular complexity index is 1330. The van der Waals surface area contributed by atoms with Gasteiger partial charge in [-0.25, -0.2) is 0 Å². The van der Waals surface area contributed by atoms with Crippen molar-refractivity contribution >= 4 is 23.4 Å². The number of nitrogens with zero attached hydrogens (tertiary/aromatic N) is 7. The predicted molar refractivity (Wildman–Crippen MR) is 132 cm³/mol. The number of β-amino-alcohol motifs (C(OH)–C–C–N with tert-alkyl or cyclic N) is 2. The minimum atomic E-state index is -0.826. The van der Waals surface area contributed by atoms with Gasteiger partial charge in [0, 0.05) is 49.7 Å². The van der Waals surface area contributed by atoms with Crippen LogP contribution in [0.25, 0.3) is 11.4 Å². The highest BCUT2D eigenvalue weighted by Gasteiger charge is 2.34. The fourth-order valence-electron chi connectivity index (χ4n) is 4.73. The summed E-state index contributed by atoms with van der Waals surface area (Å²) in [5.74, 6) is 3.07. The van der Waals surface area contributed by atoms with E-state index in [1.807, 2.05) is 42.2 Å². The van der Waals surface area contributed by atoms with Crippen LogP contribution in [0.3, 0.4) is 0 Å². The van der Waals surface area contributed by atoms with Gasteiger partial charge in [0.1, 0.15) is 17.3 Å². The molecule has 0 radical (unpaired) electrons. The number of anilines is 4. The van der Waals surface area contributed by atoms with Gasteiger partial charge in [-0.05, 0) is 31.9 Å². The summed E-state index contributed by atoms with van der Waals surface area (Å²) >= 11 is 0. The van der Waals surface area contributed by atoms with Crippen molar-refractivity contribution in [1.82, 2.24) is 30.3 Å². The Morgan fingerprint density at radius 2 is 1.92 bits per heavy atom. The van der Waals surface area contributed by atoms with E-state index < -0.39 is 12.2 Å². The zero-order valence-corrected chi connectivity index (χ0v) is 19.7. The minimum Gasteiger partial charge on any atom is -0.389 e. The number of nitrogens with one attached hydrogen (secondary N) is 2. The Hall–Kier alpha value is -4.03. The summed E-state index contributed by atoms with van der Waals surface area (Å²) in [6.45, 7) is 3.25. The number of hydrogen-bond donors (Lipinski definition) is 4. The molecule has 0 amide bonds. The average molecular weight is 490 g/mol. The van der Waals surface area contributed by atoms with Gasteiger partial charge in [0.15, 0.2) is 11.6 Å². The molecule has 0 aliphatic carbocycles. The maximum absolute atomic E-state index is 10.1. The van der Waals surface area contributed by atoms with Gasteiger partial charge in [-0.2, -0.15) is 15.1 Å². The van der Waals surface area contributed by atoms with Crippen molar-refractivity contribution in [3.8, 4) is 11.4 Å². The number of aliphatic hydroxyl groups is 2. The molecule has 0 spiro atoms. The first-order chi connectivity index (χ1) is 17.5. The summed E-state index contributed by atoms with van der Waals surface area (Å²) in [6, 6.07) is 11.2. The first-order valence-electron chi connectivity index (χ1n) is 12.0. The maximum Gasteiger partial charge on any atom is 0.229 e. The second kappa shape index (κ2) is 9.21. The van der Waals surface area contributed by atoms with Crippen molar-refractivity contribution in [2.24, 2.45) is 0 Å². The maximum atomic E-state index is 10.1. The molecule has 0 aromatic carbocycles. The van der Waals surface area contributed by atoms with Gasteiger partial charge in [0.05, 0.1) is 23.9 Å². The largest absolute Gasteiger partial charge is 0.389 e. The van der Waals surface area contributed by atoms with E-state index in [0.717, 1.165) is 36.5 Å². The van der Waals surface area contributed by atoms with Crippen molar-refractivity contribution in [3.05, 3.63) is 54.0 Å². The molecular weight excluding hydrogens is 462 g/mol. The van der Waals surface area contributed by atoms with E-state index >= 15 is 0 Å². The molecule has 0 bridgehead atoms. The molecule has 0 saturated carbocycles. The van der Waals surface area contributed by atoms with E-state index in [0.29, 0.717) is 29.1 Å².